The minimum absolute atomic E-state index is 0.0214. The second-order valence-corrected chi connectivity index (χ2v) is 5.67. The van der Waals surface area contributed by atoms with E-state index < -0.39 is 5.60 Å². The second-order valence-electron chi connectivity index (χ2n) is 5.67. The number of hydrogen-bond donors (Lipinski definition) is 0. The van der Waals surface area contributed by atoms with Crippen LogP contribution in [0.25, 0.3) is 0 Å². The third-order valence-electron chi connectivity index (χ3n) is 2.71. The predicted octanol–water partition coefficient (Wildman–Crippen LogP) is 3.17. The number of ether oxygens (including phenoxy) is 2. The van der Waals surface area contributed by atoms with E-state index in [9.17, 15) is 9.59 Å². The third kappa shape index (κ3) is 5.03. The number of carbonyl (C=O) groups is 2. The van der Waals surface area contributed by atoms with Crippen LogP contribution < -0.4 is 4.74 Å². The van der Waals surface area contributed by atoms with Gasteiger partial charge < -0.3 is 9.47 Å². The topological polar surface area (TPSA) is 52.6 Å². The van der Waals surface area contributed by atoms with Crippen molar-refractivity contribution in [3.63, 3.8) is 0 Å². The number of methoxy groups -OCH3 is 1. The quantitative estimate of drug-likeness (QED) is 0.613. The van der Waals surface area contributed by atoms with E-state index >= 15 is 0 Å². The standard InChI is InChI=1S/C16H22O4/c1-11(17)14-8-7-13(19-5)10-12(14)6-9-15(18)20-16(2,3)4/h7-8,10H,6,9H2,1-5H3. The van der Waals surface area contributed by atoms with Gasteiger partial charge in [-0.15, -0.1) is 0 Å². The Morgan fingerprint density at radius 1 is 1.20 bits per heavy atom. The molecule has 1 rings (SSSR count). The zero-order valence-electron chi connectivity index (χ0n) is 12.8. The lowest BCUT2D eigenvalue weighted by Gasteiger charge is -2.19. The Morgan fingerprint density at radius 3 is 2.35 bits per heavy atom. The minimum atomic E-state index is -0.491. The maximum atomic E-state index is 11.7. The van der Waals surface area contributed by atoms with Gasteiger partial charge >= 0.3 is 5.97 Å². The molecule has 0 unspecified atom stereocenters. The fraction of sp³-hybridized carbons (Fsp3) is 0.500. The van der Waals surface area contributed by atoms with Crippen LogP contribution in [-0.4, -0.2) is 24.5 Å². The smallest absolute Gasteiger partial charge is 0.306 e. The van der Waals surface area contributed by atoms with Gasteiger partial charge in [-0.05, 0) is 57.9 Å². The number of esters is 1. The van der Waals surface area contributed by atoms with Gasteiger partial charge in [0.25, 0.3) is 0 Å². The van der Waals surface area contributed by atoms with Gasteiger partial charge in [-0.3, -0.25) is 9.59 Å². The molecule has 0 aliphatic heterocycles. The van der Waals surface area contributed by atoms with E-state index in [2.05, 4.69) is 0 Å². The molecule has 0 aromatic heterocycles. The maximum Gasteiger partial charge on any atom is 0.306 e. The summed E-state index contributed by atoms with van der Waals surface area (Å²) in [5.41, 5.74) is 0.937. The highest BCUT2D eigenvalue weighted by Gasteiger charge is 2.17. The number of benzene rings is 1. The highest BCUT2D eigenvalue weighted by Crippen LogP contribution is 2.20. The first-order valence-electron chi connectivity index (χ1n) is 6.62. The van der Waals surface area contributed by atoms with Gasteiger partial charge in [0.05, 0.1) is 7.11 Å². The molecule has 110 valence electrons. The van der Waals surface area contributed by atoms with Crippen LogP contribution in [0, 0.1) is 0 Å². The molecule has 1 aromatic rings. The molecule has 0 saturated heterocycles. The molecule has 0 spiro atoms. The summed E-state index contributed by atoms with van der Waals surface area (Å²) in [4.78, 5) is 23.3. The first-order chi connectivity index (χ1) is 9.23. The maximum absolute atomic E-state index is 11.7. The van der Waals surface area contributed by atoms with Crippen molar-refractivity contribution in [1.82, 2.24) is 0 Å². The highest BCUT2D eigenvalue weighted by atomic mass is 16.6. The fourth-order valence-electron chi connectivity index (χ4n) is 1.88. The van der Waals surface area contributed by atoms with Crippen LogP contribution in [-0.2, 0) is 16.0 Å². The Labute approximate surface area is 120 Å². The van der Waals surface area contributed by atoms with Crippen molar-refractivity contribution in [2.24, 2.45) is 0 Å². The van der Waals surface area contributed by atoms with E-state index in [4.69, 9.17) is 9.47 Å². The van der Waals surface area contributed by atoms with Crippen LogP contribution >= 0.6 is 0 Å². The lowest BCUT2D eigenvalue weighted by atomic mass is 10.00. The van der Waals surface area contributed by atoms with Crippen molar-refractivity contribution in [3.05, 3.63) is 29.3 Å². The Balaban J connectivity index is 2.80. The van der Waals surface area contributed by atoms with Gasteiger partial charge in [-0.1, -0.05) is 0 Å². The van der Waals surface area contributed by atoms with Crippen molar-refractivity contribution in [1.29, 1.82) is 0 Å². The monoisotopic (exact) mass is 278 g/mol. The number of aryl methyl sites for hydroxylation is 1. The molecule has 0 bridgehead atoms. The van der Waals surface area contributed by atoms with E-state index in [0.717, 1.165) is 5.56 Å². The molecule has 0 aliphatic carbocycles. The summed E-state index contributed by atoms with van der Waals surface area (Å²) in [5, 5.41) is 0. The van der Waals surface area contributed by atoms with Crippen molar-refractivity contribution in [2.45, 2.75) is 46.1 Å². The van der Waals surface area contributed by atoms with Crippen molar-refractivity contribution in [2.75, 3.05) is 7.11 Å². The number of carbonyl (C=O) groups excluding carboxylic acids is 2. The van der Waals surface area contributed by atoms with Crippen LogP contribution in [0.1, 0.15) is 50.0 Å². The zero-order chi connectivity index (χ0) is 15.3. The molecular formula is C16H22O4. The van der Waals surface area contributed by atoms with Gasteiger partial charge in [0.15, 0.2) is 5.78 Å². The minimum Gasteiger partial charge on any atom is -0.497 e. The third-order valence-corrected chi connectivity index (χ3v) is 2.71. The van der Waals surface area contributed by atoms with Crippen LogP contribution in [0.4, 0.5) is 0 Å². The Hall–Kier alpha value is -1.84. The molecule has 0 radical (unpaired) electrons. The number of ketones is 1. The number of rotatable bonds is 5. The summed E-state index contributed by atoms with van der Waals surface area (Å²) in [6.07, 6.45) is 0.700. The van der Waals surface area contributed by atoms with Crippen LogP contribution in [0.5, 0.6) is 5.75 Å². The zero-order valence-corrected chi connectivity index (χ0v) is 12.8. The summed E-state index contributed by atoms with van der Waals surface area (Å²) >= 11 is 0. The lowest BCUT2D eigenvalue weighted by Crippen LogP contribution is -2.24. The first kappa shape index (κ1) is 16.2. The van der Waals surface area contributed by atoms with Crippen molar-refractivity contribution >= 4 is 11.8 Å². The van der Waals surface area contributed by atoms with Gasteiger partial charge in [-0.2, -0.15) is 0 Å². The summed E-state index contributed by atoms with van der Waals surface area (Å²) < 4.78 is 10.4. The van der Waals surface area contributed by atoms with Crippen LogP contribution in [0.2, 0.25) is 0 Å². The van der Waals surface area contributed by atoms with Crippen LogP contribution in [0.3, 0.4) is 0 Å². The second kappa shape index (κ2) is 6.55. The predicted molar refractivity (Wildman–Crippen MR) is 77.2 cm³/mol. The molecule has 0 amide bonds. The van der Waals surface area contributed by atoms with Crippen LogP contribution in [0.15, 0.2) is 18.2 Å². The molecule has 0 heterocycles. The number of Topliss-reactive ketones (excluding diaryl/α,β-unsaturated/α-hetero) is 1. The van der Waals surface area contributed by atoms with E-state index in [1.165, 1.54) is 6.92 Å². The molecule has 4 nitrogen and oxygen atoms in total. The first-order valence-corrected chi connectivity index (χ1v) is 6.62. The van der Waals surface area contributed by atoms with E-state index in [-0.39, 0.29) is 18.2 Å². The summed E-state index contributed by atoms with van der Waals surface area (Å²) in [6, 6.07) is 5.26. The summed E-state index contributed by atoms with van der Waals surface area (Å²) in [6.45, 7) is 7.01. The van der Waals surface area contributed by atoms with E-state index in [0.29, 0.717) is 17.7 Å². The average Bonchev–Trinajstić information content (AvgIpc) is 2.33. The molecule has 0 saturated carbocycles. The SMILES string of the molecule is COc1ccc(C(C)=O)c(CCC(=O)OC(C)(C)C)c1. The Kier molecular flexibility index (Phi) is 5.31. The van der Waals surface area contributed by atoms with Gasteiger partial charge in [0.1, 0.15) is 11.4 Å². The lowest BCUT2D eigenvalue weighted by molar-refractivity contribution is -0.154. The Bertz CT molecular complexity index is 498. The molecule has 1 aromatic carbocycles. The van der Waals surface area contributed by atoms with E-state index in [1.807, 2.05) is 20.8 Å². The van der Waals surface area contributed by atoms with Gasteiger partial charge in [0.2, 0.25) is 0 Å². The van der Waals surface area contributed by atoms with E-state index in [1.54, 1.807) is 25.3 Å². The van der Waals surface area contributed by atoms with Crippen molar-refractivity contribution in [3.8, 4) is 5.75 Å². The van der Waals surface area contributed by atoms with Crippen molar-refractivity contribution < 1.29 is 19.1 Å². The van der Waals surface area contributed by atoms with Gasteiger partial charge in [0, 0.05) is 12.0 Å². The Morgan fingerprint density at radius 2 is 1.85 bits per heavy atom. The summed E-state index contributed by atoms with van der Waals surface area (Å²) in [7, 11) is 1.57. The normalized spacial score (nSPS) is 11.1. The molecule has 20 heavy (non-hydrogen) atoms. The average molecular weight is 278 g/mol. The fourth-order valence-corrected chi connectivity index (χ4v) is 1.88. The molecule has 0 atom stereocenters. The number of hydrogen-bond acceptors (Lipinski definition) is 4. The largest absolute Gasteiger partial charge is 0.497 e. The molecule has 0 N–H and O–H groups in total. The molecular weight excluding hydrogens is 256 g/mol. The molecule has 4 heteroatoms. The highest BCUT2D eigenvalue weighted by molar-refractivity contribution is 5.95. The molecule has 0 fully saturated rings. The molecule has 0 aliphatic rings. The summed E-state index contributed by atoms with van der Waals surface area (Å²) in [5.74, 6) is 0.385. The van der Waals surface area contributed by atoms with Gasteiger partial charge in [-0.25, -0.2) is 0 Å².